The first kappa shape index (κ1) is 26.9. The largest absolute Gasteiger partial charge is 0.619 e. The summed E-state index contributed by atoms with van der Waals surface area (Å²) in [4.78, 5) is 28.0. The molecule has 2 aromatic carbocycles. The Morgan fingerprint density at radius 3 is 2.57 bits per heavy atom. The predicted octanol–water partition coefficient (Wildman–Crippen LogP) is 6.08. The zero-order valence-corrected chi connectivity index (χ0v) is 22.9. The number of pyridine rings is 1. The second-order valence-corrected chi connectivity index (χ2v) is 11.4. The van der Waals surface area contributed by atoms with Gasteiger partial charge in [0.25, 0.3) is 0 Å². The maximum absolute atomic E-state index is 12.9. The van der Waals surface area contributed by atoms with Crippen LogP contribution in [0.5, 0.6) is 0 Å². The van der Waals surface area contributed by atoms with E-state index in [0.29, 0.717) is 33.4 Å². The number of hydrogen-bond donors (Lipinski definition) is 1. The zero-order chi connectivity index (χ0) is 26.7. The normalized spacial score (nSPS) is 12.7. The molecule has 3 aromatic rings. The van der Waals surface area contributed by atoms with Crippen LogP contribution in [0.4, 0.5) is 21.9 Å². The van der Waals surface area contributed by atoms with Crippen LogP contribution in [0.15, 0.2) is 65.8 Å². The van der Waals surface area contributed by atoms with Gasteiger partial charge in [0.15, 0.2) is 6.20 Å². The van der Waals surface area contributed by atoms with Gasteiger partial charge in [0.2, 0.25) is 6.20 Å². The van der Waals surface area contributed by atoms with Gasteiger partial charge in [0.05, 0.1) is 0 Å². The quantitative estimate of drug-likeness (QED) is 0.170. The van der Waals surface area contributed by atoms with Crippen molar-refractivity contribution in [1.29, 1.82) is 0 Å². The van der Waals surface area contributed by atoms with E-state index in [1.807, 2.05) is 43.3 Å². The van der Waals surface area contributed by atoms with Crippen LogP contribution in [0.1, 0.15) is 26.3 Å². The molecule has 1 N–H and O–H groups in total. The first-order valence-electron chi connectivity index (χ1n) is 11.5. The number of ether oxygens (including phenoxy) is 1. The number of aromatic nitrogens is 1. The highest BCUT2D eigenvalue weighted by Crippen LogP contribution is 2.37. The minimum Gasteiger partial charge on any atom is -0.619 e. The van der Waals surface area contributed by atoms with E-state index in [4.69, 9.17) is 27.9 Å². The van der Waals surface area contributed by atoms with Gasteiger partial charge in [-0.25, -0.2) is 4.79 Å². The van der Waals surface area contributed by atoms with E-state index in [1.54, 1.807) is 35.2 Å². The summed E-state index contributed by atoms with van der Waals surface area (Å²) in [5.74, 6) is -0.381. The third kappa shape index (κ3) is 7.21. The number of halogens is 2. The molecule has 0 fully saturated rings. The van der Waals surface area contributed by atoms with Crippen molar-refractivity contribution in [1.82, 2.24) is 0 Å². The minimum absolute atomic E-state index is 0.0156. The Kier molecular flexibility index (Phi) is 8.06. The van der Waals surface area contributed by atoms with Crippen LogP contribution < -0.4 is 19.3 Å². The molecular formula is C26H26Cl2N4O4S. The highest BCUT2D eigenvalue weighted by Gasteiger charge is 2.27. The second kappa shape index (κ2) is 11.1. The van der Waals surface area contributed by atoms with Crippen molar-refractivity contribution in [2.75, 3.05) is 27.6 Å². The average molecular weight is 561 g/mol. The molecule has 0 saturated heterocycles. The number of carbonyl (C=O) groups is 2. The van der Waals surface area contributed by atoms with Gasteiger partial charge in [0, 0.05) is 38.9 Å². The van der Waals surface area contributed by atoms with Crippen molar-refractivity contribution in [3.8, 4) is 0 Å². The van der Waals surface area contributed by atoms with E-state index in [0.717, 1.165) is 21.8 Å². The molecule has 0 radical (unpaired) electrons. The van der Waals surface area contributed by atoms with Crippen LogP contribution in [0, 0.1) is 5.21 Å². The molecule has 1 aliphatic rings. The Balaban J connectivity index is 1.57. The average Bonchev–Trinajstić information content (AvgIpc) is 3.20. The standard InChI is InChI=1S/C26H26Cl2N4O4S/c1-26(2,3)36-24(33)16-32(37-22-13-18(27)12-19(28)14-22)21-6-7-23-17(11-21)8-10-31(23)25(34)29-20-5-4-9-30(35)15-20/h4-7,9,11-15H,8,10,16H2,1-3H3,(H,29,34). The summed E-state index contributed by atoms with van der Waals surface area (Å²) in [6.07, 6.45) is 3.29. The van der Waals surface area contributed by atoms with Crippen molar-refractivity contribution >= 4 is 64.2 Å². The molecular weight excluding hydrogens is 535 g/mol. The van der Waals surface area contributed by atoms with E-state index >= 15 is 0 Å². The van der Waals surface area contributed by atoms with Gasteiger partial charge < -0.3 is 19.6 Å². The molecule has 0 atom stereocenters. The van der Waals surface area contributed by atoms with Gasteiger partial charge in [-0.1, -0.05) is 23.2 Å². The molecule has 2 amide bonds. The molecule has 1 aromatic heterocycles. The van der Waals surface area contributed by atoms with E-state index in [-0.39, 0.29) is 18.5 Å². The Labute approximate surface area is 229 Å². The first-order chi connectivity index (χ1) is 17.5. The van der Waals surface area contributed by atoms with Crippen LogP contribution in [0.2, 0.25) is 10.0 Å². The van der Waals surface area contributed by atoms with Gasteiger partial charge in [-0.3, -0.25) is 9.69 Å². The molecule has 2 heterocycles. The first-order valence-corrected chi connectivity index (χ1v) is 13.0. The van der Waals surface area contributed by atoms with E-state index in [9.17, 15) is 14.8 Å². The second-order valence-electron chi connectivity index (χ2n) is 9.42. The summed E-state index contributed by atoms with van der Waals surface area (Å²) in [7, 11) is 0. The number of anilines is 3. The van der Waals surface area contributed by atoms with Crippen LogP contribution in [-0.4, -0.2) is 30.7 Å². The number of esters is 1. The maximum atomic E-state index is 12.9. The smallest absolute Gasteiger partial charge is 0.327 e. The number of benzene rings is 2. The lowest BCUT2D eigenvalue weighted by molar-refractivity contribution is -0.604. The molecule has 37 heavy (non-hydrogen) atoms. The number of rotatable bonds is 6. The fourth-order valence-electron chi connectivity index (χ4n) is 3.85. The minimum atomic E-state index is -0.622. The number of carbonyl (C=O) groups excluding carboxylic acids is 2. The number of hydrogen-bond acceptors (Lipinski definition) is 6. The molecule has 0 saturated carbocycles. The van der Waals surface area contributed by atoms with Gasteiger partial charge in [-0.2, -0.15) is 4.73 Å². The Bertz CT molecular complexity index is 1310. The highest BCUT2D eigenvalue weighted by atomic mass is 35.5. The van der Waals surface area contributed by atoms with Crippen LogP contribution in [0.25, 0.3) is 0 Å². The Morgan fingerprint density at radius 2 is 1.89 bits per heavy atom. The Morgan fingerprint density at radius 1 is 1.16 bits per heavy atom. The van der Waals surface area contributed by atoms with E-state index in [2.05, 4.69) is 5.32 Å². The summed E-state index contributed by atoms with van der Waals surface area (Å²) in [5.41, 5.74) is 2.28. The zero-order valence-electron chi connectivity index (χ0n) is 20.5. The lowest BCUT2D eigenvalue weighted by Gasteiger charge is -2.26. The molecule has 0 aliphatic carbocycles. The van der Waals surface area contributed by atoms with Crippen LogP contribution >= 0.6 is 35.1 Å². The van der Waals surface area contributed by atoms with Crippen LogP contribution in [0.3, 0.4) is 0 Å². The van der Waals surface area contributed by atoms with Crippen molar-refractivity contribution in [3.05, 3.63) is 81.7 Å². The summed E-state index contributed by atoms with van der Waals surface area (Å²) < 4.78 is 7.99. The third-order valence-electron chi connectivity index (χ3n) is 5.26. The van der Waals surface area contributed by atoms with Crippen molar-refractivity contribution in [3.63, 3.8) is 0 Å². The van der Waals surface area contributed by atoms with Gasteiger partial charge in [-0.05, 0) is 87.2 Å². The monoisotopic (exact) mass is 560 g/mol. The molecule has 11 heteroatoms. The molecule has 194 valence electrons. The van der Waals surface area contributed by atoms with Crippen molar-refractivity contribution < 1.29 is 19.1 Å². The lowest BCUT2D eigenvalue weighted by atomic mass is 10.1. The molecule has 0 bridgehead atoms. The van der Waals surface area contributed by atoms with Crippen molar-refractivity contribution in [2.24, 2.45) is 0 Å². The number of nitrogens with one attached hydrogen (secondary N) is 1. The molecule has 4 rings (SSSR count). The number of fused-ring (bicyclic) bond motifs is 1. The fourth-order valence-corrected chi connectivity index (χ4v) is 5.51. The fraction of sp³-hybridized carbons (Fsp3) is 0.269. The van der Waals surface area contributed by atoms with Gasteiger partial charge in [-0.15, -0.1) is 0 Å². The van der Waals surface area contributed by atoms with Crippen LogP contribution in [-0.2, 0) is 16.0 Å². The molecule has 0 spiro atoms. The number of urea groups is 1. The Hall–Kier alpha value is -3.14. The number of nitrogens with zero attached hydrogens (tertiary/aromatic N) is 3. The summed E-state index contributed by atoms with van der Waals surface area (Å²) in [6.45, 7) is 5.93. The summed E-state index contributed by atoms with van der Waals surface area (Å²) >= 11 is 13.7. The molecule has 0 unspecified atom stereocenters. The van der Waals surface area contributed by atoms with Gasteiger partial charge >= 0.3 is 12.0 Å². The lowest BCUT2D eigenvalue weighted by Crippen LogP contribution is -2.34. The van der Waals surface area contributed by atoms with Crippen molar-refractivity contribution in [2.45, 2.75) is 37.7 Å². The predicted molar refractivity (Wildman–Crippen MR) is 147 cm³/mol. The molecule has 8 nitrogen and oxygen atoms in total. The SMILES string of the molecule is CC(C)(C)OC(=O)CN(Sc1cc(Cl)cc(Cl)c1)c1ccc2c(c1)CCN2C(=O)Nc1ccc[n+]([O-])c1. The summed E-state index contributed by atoms with van der Waals surface area (Å²) in [5, 5.41) is 15.3. The van der Waals surface area contributed by atoms with E-state index < -0.39 is 5.60 Å². The summed E-state index contributed by atoms with van der Waals surface area (Å²) in [6, 6.07) is 13.7. The number of amides is 2. The third-order valence-corrected chi connectivity index (χ3v) is 6.71. The van der Waals surface area contributed by atoms with E-state index in [1.165, 1.54) is 24.3 Å². The van der Waals surface area contributed by atoms with Gasteiger partial charge in [0.1, 0.15) is 17.8 Å². The topological polar surface area (TPSA) is 88.8 Å². The maximum Gasteiger partial charge on any atom is 0.327 e. The molecule has 1 aliphatic heterocycles. The highest BCUT2D eigenvalue weighted by molar-refractivity contribution is 8.00.